The lowest BCUT2D eigenvalue weighted by molar-refractivity contribution is 0.210. The summed E-state index contributed by atoms with van der Waals surface area (Å²) >= 11 is 12.3. The molecule has 0 N–H and O–H groups in total. The molecule has 0 fully saturated rings. The second-order valence-corrected chi connectivity index (χ2v) is 9.06. The first-order chi connectivity index (χ1) is 15.9. The number of fused-ring (bicyclic) bond motifs is 1. The standard InChI is InChI=1S/C27H28Cl2N2O2/c1-18-16-21(10-12-23(18)28)32-15-7-6-14-31-26-9-5-4-8-25(26)30-27(31)20(3)33-22-11-13-24(29)19(2)17-22/h4-5,8-13,16-17,20H,6-7,14-15H2,1-3H3. The lowest BCUT2D eigenvalue weighted by Gasteiger charge is -2.17. The highest BCUT2D eigenvalue weighted by molar-refractivity contribution is 6.31. The third kappa shape index (κ3) is 5.63. The molecule has 4 rings (SSSR count). The fourth-order valence-electron chi connectivity index (χ4n) is 3.86. The Morgan fingerprint density at radius 1 is 0.879 bits per heavy atom. The molecule has 4 nitrogen and oxygen atoms in total. The van der Waals surface area contributed by atoms with Crippen molar-refractivity contribution in [2.24, 2.45) is 0 Å². The van der Waals surface area contributed by atoms with Crippen LogP contribution in [0.25, 0.3) is 11.0 Å². The first kappa shape index (κ1) is 23.5. The Kier molecular flexibility index (Phi) is 7.46. The summed E-state index contributed by atoms with van der Waals surface area (Å²) in [4.78, 5) is 4.88. The number of hydrogen-bond acceptors (Lipinski definition) is 3. The van der Waals surface area contributed by atoms with E-state index in [4.69, 9.17) is 37.7 Å². The van der Waals surface area contributed by atoms with Crippen LogP contribution in [0, 0.1) is 13.8 Å². The zero-order valence-corrected chi connectivity index (χ0v) is 20.7. The van der Waals surface area contributed by atoms with Crippen molar-refractivity contribution in [3.8, 4) is 11.5 Å². The third-order valence-electron chi connectivity index (χ3n) is 5.66. The molecule has 4 aromatic rings. The minimum absolute atomic E-state index is 0.203. The Morgan fingerprint density at radius 2 is 1.55 bits per heavy atom. The van der Waals surface area contributed by atoms with Gasteiger partial charge < -0.3 is 14.0 Å². The van der Waals surface area contributed by atoms with Crippen LogP contribution in [0.15, 0.2) is 60.7 Å². The van der Waals surface area contributed by atoms with Crippen molar-refractivity contribution in [3.63, 3.8) is 0 Å². The van der Waals surface area contributed by atoms with Crippen LogP contribution in [0.4, 0.5) is 0 Å². The fraction of sp³-hybridized carbons (Fsp3) is 0.296. The highest BCUT2D eigenvalue weighted by atomic mass is 35.5. The Morgan fingerprint density at radius 3 is 2.27 bits per heavy atom. The summed E-state index contributed by atoms with van der Waals surface area (Å²) in [7, 11) is 0. The number of halogens is 2. The number of nitrogens with zero attached hydrogens (tertiary/aromatic N) is 2. The lowest BCUT2D eigenvalue weighted by atomic mass is 10.2. The number of hydrogen-bond donors (Lipinski definition) is 0. The van der Waals surface area contributed by atoms with Crippen LogP contribution >= 0.6 is 23.2 Å². The number of benzene rings is 3. The number of ether oxygens (including phenoxy) is 2. The Balaban J connectivity index is 1.43. The molecule has 0 aliphatic heterocycles. The SMILES string of the molecule is Cc1cc(OCCCCn2c(C(C)Oc3ccc(Cl)c(C)c3)nc3ccccc32)ccc1Cl. The molecule has 0 radical (unpaired) electrons. The van der Waals surface area contributed by atoms with Gasteiger partial charge in [-0.3, -0.25) is 0 Å². The number of aryl methyl sites for hydroxylation is 3. The van der Waals surface area contributed by atoms with Crippen molar-refractivity contribution in [1.29, 1.82) is 0 Å². The maximum absolute atomic E-state index is 6.24. The van der Waals surface area contributed by atoms with E-state index >= 15 is 0 Å². The molecule has 0 aliphatic carbocycles. The van der Waals surface area contributed by atoms with Gasteiger partial charge in [0.25, 0.3) is 0 Å². The number of rotatable bonds is 9. The highest BCUT2D eigenvalue weighted by Gasteiger charge is 2.18. The van der Waals surface area contributed by atoms with Crippen LogP contribution in [0.1, 0.15) is 42.8 Å². The van der Waals surface area contributed by atoms with Gasteiger partial charge in [0.05, 0.1) is 17.6 Å². The molecule has 3 aromatic carbocycles. The van der Waals surface area contributed by atoms with Gasteiger partial charge in [0.2, 0.25) is 0 Å². The van der Waals surface area contributed by atoms with Crippen LogP contribution in [-0.2, 0) is 6.54 Å². The van der Waals surface area contributed by atoms with Gasteiger partial charge in [0, 0.05) is 16.6 Å². The van der Waals surface area contributed by atoms with Gasteiger partial charge in [-0.15, -0.1) is 0 Å². The van der Waals surface area contributed by atoms with Crippen LogP contribution in [0.3, 0.4) is 0 Å². The largest absolute Gasteiger partial charge is 0.494 e. The summed E-state index contributed by atoms with van der Waals surface area (Å²) in [5.74, 6) is 2.55. The third-order valence-corrected chi connectivity index (χ3v) is 6.51. The van der Waals surface area contributed by atoms with E-state index in [0.717, 1.165) is 68.9 Å². The average Bonchev–Trinajstić information content (AvgIpc) is 3.17. The van der Waals surface area contributed by atoms with Gasteiger partial charge in [-0.05, 0) is 93.3 Å². The zero-order valence-electron chi connectivity index (χ0n) is 19.1. The summed E-state index contributed by atoms with van der Waals surface area (Å²) < 4.78 is 14.4. The number of aromatic nitrogens is 2. The van der Waals surface area contributed by atoms with E-state index in [-0.39, 0.29) is 6.10 Å². The van der Waals surface area contributed by atoms with Crippen molar-refractivity contribution in [1.82, 2.24) is 9.55 Å². The minimum Gasteiger partial charge on any atom is -0.494 e. The van der Waals surface area contributed by atoms with E-state index < -0.39 is 0 Å². The van der Waals surface area contributed by atoms with E-state index in [1.54, 1.807) is 0 Å². The van der Waals surface area contributed by atoms with Crippen molar-refractivity contribution in [2.45, 2.75) is 46.3 Å². The minimum atomic E-state index is -0.203. The van der Waals surface area contributed by atoms with Crippen LogP contribution in [0.2, 0.25) is 10.0 Å². The normalized spacial score (nSPS) is 12.2. The van der Waals surface area contributed by atoms with Crippen molar-refractivity contribution >= 4 is 34.2 Å². The molecule has 6 heteroatoms. The molecule has 1 heterocycles. The molecule has 0 spiro atoms. The van der Waals surface area contributed by atoms with E-state index in [1.165, 1.54) is 0 Å². The van der Waals surface area contributed by atoms with Crippen molar-refractivity contribution < 1.29 is 9.47 Å². The Hall–Kier alpha value is -2.69. The molecule has 0 saturated heterocycles. The maximum atomic E-state index is 6.24. The Bertz CT molecular complexity index is 1250. The molecule has 0 aliphatic rings. The van der Waals surface area contributed by atoms with Gasteiger partial charge in [0.15, 0.2) is 11.9 Å². The smallest absolute Gasteiger partial charge is 0.153 e. The van der Waals surface area contributed by atoms with E-state index in [9.17, 15) is 0 Å². The Labute approximate surface area is 205 Å². The zero-order chi connectivity index (χ0) is 23.4. The first-order valence-electron chi connectivity index (χ1n) is 11.2. The summed E-state index contributed by atoms with van der Waals surface area (Å²) in [6.45, 7) is 7.48. The topological polar surface area (TPSA) is 36.3 Å². The molecule has 33 heavy (non-hydrogen) atoms. The fourth-order valence-corrected chi connectivity index (χ4v) is 4.09. The molecule has 0 saturated carbocycles. The molecule has 1 aromatic heterocycles. The predicted molar refractivity (Wildman–Crippen MR) is 136 cm³/mol. The molecule has 0 bridgehead atoms. The molecule has 1 unspecified atom stereocenters. The van der Waals surface area contributed by atoms with Gasteiger partial charge in [-0.25, -0.2) is 4.98 Å². The van der Waals surface area contributed by atoms with E-state index in [2.05, 4.69) is 10.6 Å². The maximum Gasteiger partial charge on any atom is 0.153 e. The van der Waals surface area contributed by atoms with Crippen molar-refractivity contribution in [2.75, 3.05) is 6.61 Å². The number of para-hydroxylation sites is 2. The predicted octanol–water partition coefficient (Wildman–Crippen LogP) is 7.96. The molecule has 1 atom stereocenters. The van der Waals surface area contributed by atoms with Crippen molar-refractivity contribution in [3.05, 3.63) is 87.7 Å². The molecular weight excluding hydrogens is 455 g/mol. The van der Waals surface area contributed by atoms with Crippen LogP contribution in [0.5, 0.6) is 11.5 Å². The summed E-state index contributed by atoms with van der Waals surface area (Å²) in [5.41, 5.74) is 4.10. The second-order valence-electron chi connectivity index (χ2n) is 8.25. The summed E-state index contributed by atoms with van der Waals surface area (Å²) in [5, 5.41) is 1.49. The lowest BCUT2D eigenvalue weighted by Crippen LogP contribution is -2.13. The summed E-state index contributed by atoms with van der Waals surface area (Å²) in [6.07, 6.45) is 1.69. The molecule has 0 amide bonds. The molecule has 172 valence electrons. The quantitative estimate of drug-likeness (QED) is 0.227. The monoisotopic (exact) mass is 482 g/mol. The van der Waals surface area contributed by atoms with Gasteiger partial charge in [-0.2, -0.15) is 0 Å². The number of unbranched alkanes of at least 4 members (excludes halogenated alkanes) is 1. The summed E-state index contributed by atoms with van der Waals surface area (Å²) in [6, 6.07) is 19.7. The van der Waals surface area contributed by atoms with Gasteiger partial charge in [-0.1, -0.05) is 35.3 Å². The van der Waals surface area contributed by atoms with Gasteiger partial charge in [0.1, 0.15) is 11.5 Å². The average molecular weight is 483 g/mol. The first-order valence-corrected chi connectivity index (χ1v) is 11.9. The highest BCUT2D eigenvalue weighted by Crippen LogP contribution is 2.28. The molecular formula is C27H28Cl2N2O2. The van der Waals surface area contributed by atoms with E-state index in [1.807, 2.05) is 75.4 Å². The van der Waals surface area contributed by atoms with Crippen LogP contribution < -0.4 is 9.47 Å². The second kappa shape index (κ2) is 10.5. The number of imidazole rings is 1. The van der Waals surface area contributed by atoms with E-state index in [0.29, 0.717) is 6.61 Å². The van der Waals surface area contributed by atoms with Gasteiger partial charge >= 0.3 is 0 Å². The van der Waals surface area contributed by atoms with Crippen LogP contribution in [-0.4, -0.2) is 16.2 Å².